The zero-order chi connectivity index (χ0) is 11.3. The van der Waals surface area contributed by atoms with Crippen molar-refractivity contribution < 1.29 is 9.09 Å². The van der Waals surface area contributed by atoms with E-state index in [2.05, 4.69) is 16.8 Å². The molecule has 1 heterocycles. The molecule has 0 saturated carbocycles. The number of hydrogen-bond donors (Lipinski definition) is 0. The van der Waals surface area contributed by atoms with E-state index >= 15 is 0 Å². The number of rotatable bonds is 5. The fraction of sp³-hybridized carbons (Fsp3) is 1.00. The van der Waals surface area contributed by atoms with Crippen molar-refractivity contribution >= 4 is 7.37 Å². The van der Waals surface area contributed by atoms with Gasteiger partial charge in [0.25, 0.3) is 0 Å². The third kappa shape index (κ3) is 5.12. The molecule has 1 fully saturated rings. The maximum Gasteiger partial charge on any atom is 0.201 e. The molecule has 1 saturated heterocycles. The Morgan fingerprint density at radius 2 is 1.87 bits per heavy atom. The summed E-state index contributed by atoms with van der Waals surface area (Å²) in [5.74, 6) is 0. The quantitative estimate of drug-likeness (QED) is 0.669. The molecule has 0 amide bonds. The zero-order valence-electron chi connectivity index (χ0n) is 10.1. The van der Waals surface area contributed by atoms with Crippen molar-refractivity contribution in [2.45, 2.75) is 6.92 Å². The van der Waals surface area contributed by atoms with E-state index in [1.54, 1.807) is 6.66 Å². The second-order valence-electron chi connectivity index (χ2n) is 4.30. The molecule has 0 aromatic heterocycles. The first-order chi connectivity index (χ1) is 7.03. The van der Waals surface area contributed by atoms with E-state index in [1.807, 2.05) is 6.92 Å². The Morgan fingerprint density at radius 3 is 2.40 bits per heavy atom. The molecular weight excluding hydrogens is 211 g/mol. The Balaban J connectivity index is 2.22. The van der Waals surface area contributed by atoms with Crippen LogP contribution in [-0.2, 0) is 9.09 Å². The third-order valence-electron chi connectivity index (χ3n) is 2.82. The average molecular weight is 234 g/mol. The minimum Gasteiger partial charge on any atom is -0.329 e. The molecule has 0 spiro atoms. The predicted molar refractivity (Wildman–Crippen MR) is 64.0 cm³/mol. The van der Waals surface area contributed by atoms with Crippen molar-refractivity contribution in [3.8, 4) is 0 Å². The summed E-state index contributed by atoms with van der Waals surface area (Å²) in [6.45, 7) is 9.49. The minimum atomic E-state index is -2.33. The van der Waals surface area contributed by atoms with Crippen molar-refractivity contribution in [3.05, 3.63) is 0 Å². The van der Waals surface area contributed by atoms with Gasteiger partial charge in [0, 0.05) is 45.6 Å². The summed E-state index contributed by atoms with van der Waals surface area (Å²) in [7, 11) is -0.189. The van der Waals surface area contributed by atoms with Crippen molar-refractivity contribution in [2.24, 2.45) is 0 Å². The summed E-state index contributed by atoms with van der Waals surface area (Å²) in [5.41, 5.74) is 0. The number of nitrogens with zero attached hydrogens (tertiary/aromatic N) is 2. The molecule has 5 heteroatoms. The Hall–Kier alpha value is 0.110. The third-order valence-corrected chi connectivity index (χ3v) is 4.64. The monoisotopic (exact) mass is 234 g/mol. The molecule has 0 aliphatic carbocycles. The van der Waals surface area contributed by atoms with Gasteiger partial charge in [-0.3, -0.25) is 4.57 Å². The van der Waals surface area contributed by atoms with Crippen molar-refractivity contribution in [1.29, 1.82) is 0 Å². The lowest BCUT2D eigenvalue weighted by Crippen LogP contribution is -2.45. The lowest BCUT2D eigenvalue weighted by molar-refractivity contribution is 0.159. The molecule has 0 radical (unpaired) electrons. The van der Waals surface area contributed by atoms with Crippen LogP contribution in [0.4, 0.5) is 0 Å². The van der Waals surface area contributed by atoms with Gasteiger partial charge in [0.2, 0.25) is 7.37 Å². The standard InChI is InChI=1S/C10H23N2O2P/c1-4-14-15(3,13)10-9-12-7-5-11(2)6-8-12/h4-10H2,1-3H3. The molecule has 15 heavy (non-hydrogen) atoms. The van der Waals surface area contributed by atoms with Crippen LogP contribution in [0.25, 0.3) is 0 Å². The van der Waals surface area contributed by atoms with Crippen LogP contribution in [0.5, 0.6) is 0 Å². The topological polar surface area (TPSA) is 32.8 Å². The Morgan fingerprint density at radius 1 is 1.27 bits per heavy atom. The highest BCUT2D eigenvalue weighted by atomic mass is 31.2. The summed E-state index contributed by atoms with van der Waals surface area (Å²) < 4.78 is 17.1. The lowest BCUT2D eigenvalue weighted by Gasteiger charge is -2.32. The van der Waals surface area contributed by atoms with Gasteiger partial charge in [-0.1, -0.05) is 0 Å². The van der Waals surface area contributed by atoms with E-state index in [0.717, 1.165) is 32.7 Å². The van der Waals surface area contributed by atoms with Crippen LogP contribution in [0.1, 0.15) is 6.92 Å². The molecule has 0 bridgehead atoms. The molecule has 0 aromatic carbocycles. The van der Waals surface area contributed by atoms with Gasteiger partial charge in [-0.25, -0.2) is 0 Å². The number of hydrogen-bond acceptors (Lipinski definition) is 4. The molecule has 1 unspecified atom stereocenters. The average Bonchev–Trinajstić information content (AvgIpc) is 2.17. The van der Waals surface area contributed by atoms with E-state index in [1.165, 1.54) is 0 Å². The molecule has 1 aliphatic rings. The summed E-state index contributed by atoms with van der Waals surface area (Å²) >= 11 is 0. The van der Waals surface area contributed by atoms with Crippen LogP contribution in [0.3, 0.4) is 0 Å². The van der Waals surface area contributed by atoms with Gasteiger partial charge in [0.05, 0.1) is 6.61 Å². The minimum absolute atomic E-state index is 0.552. The Bertz CT molecular complexity index is 227. The van der Waals surface area contributed by atoms with Crippen molar-refractivity contribution in [2.75, 3.05) is 59.2 Å². The fourth-order valence-electron chi connectivity index (χ4n) is 1.73. The molecule has 90 valence electrons. The molecular formula is C10H23N2O2P. The van der Waals surface area contributed by atoms with Crippen LogP contribution < -0.4 is 0 Å². The van der Waals surface area contributed by atoms with Gasteiger partial charge in [-0.15, -0.1) is 0 Å². The van der Waals surface area contributed by atoms with E-state index in [4.69, 9.17) is 4.52 Å². The smallest absolute Gasteiger partial charge is 0.201 e. The van der Waals surface area contributed by atoms with Crippen molar-refractivity contribution in [3.63, 3.8) is 0 Å². The Labute approximate surface area is 93.0 Å². The second-order valence-corrected chi connectivity index (χ2v) is 7.03. The van der Waals surface area contributed by atoms with E-state index in [-0.39, 0.29) is 0 Å². The maximum atomic E-state index is 11.9. The highest BCUT2D eigenvalue weighted by Crippen LogP contribution is 2.41. The van der Waals surface area contributed by atoms with Gasteiger partial charge >= 0.3 is 0 Å². The fourth-order valence-corrected chi connectivity index (χ4v) is 3.05. The summed E-state index contributed by atoms with van der Waals surface area (Å²) in [4.78, 5) is 4.69. The molecule has 1 rings (SSSR count). The van der Waals surface area contributed by atoms with Crippen LogP contribution in [0.2, 0.25) is 0 Å². The largest absolute Gasteiger partial charge is 0.329 e. The maximum absolute atomic E-state index is 11.9. The van der Waals surface area contributed by atoms with Gasteiger partial charge in [-0.05, 0) is 14.0 Å². The van der Waals surface area contributed by atoms with E-state index < -0.39 is 7.37 Å². The molecule has 1 aliphatic heterocycles. The van der Waals surface area contributed by atoms with Gasteiger partial charge in [0.15, 0.2) is 0 Å². The molecule has 4 nitrogen and oxygen atoms in total. The SMILES string of the molecule is CCOP(C)(=O)CCN1CCN(C)CC1. The first-order valence-corrected chi connectivity index (χ1v) is 7.91. The summed E-state index contributed by atoms with van der Waals surface area (Å²) in [6.07, 6.45) is 0.685. The first kappa shape index (κ1) is 13.2. The normalized spacial score (nSPS) is 23.9. The van der Waals surface area contributed by atoms with Crippen LogP contribution >= 0.6 is 7.37 Å². The highest BCUT2D eigenvalue weighted by Gasteiger charge is 2.19. The van der Waals surface area contributed by atoms with Crippen LogP contribution in [-0.4, -0.2) is 69.0 Å². The van der Waals surface area contributed by atoms with Gasteiger partial charge in [-0.2, -0.15) is 0 Å². The number of piperazine rings is 1. The molecule has 0 N–H and O–H groups in total. The van der Waals surface area contributed by atoms with Crippen molar-refractivity contribution in [1.82, 2.24) is 9.80 Å². The first-order valence-electron chi connectivity index (χ1n) is 5.65. The predicted octanol–water partition coefficient (Wildman–Crippen LogP) is 1.18. The highest BCUT2D eigenvalue weighted by molar-refractivity contribution is 7.58. The number of likely N-dealkylation sites (N-methyl/N-ethyl adjacent to an activating group) is 1. The molecule has 1 atom stereocenters. The van der Waals surface area contributed by atoms with Crippen LogP contribution in [0.15, 0.2) is 0 Å². The Kier molecular flexibility index (Phi) is 5.27. The van der Waals surface area contributed by atoms with E-state index in [0.29, 0.717) is 12.8 Å². The second kappa shape index (κ2) is 6.00. The van der Waals surface area contributed by atoms with E-state index in [9.17, 15) is 4.57 Å². The lowest BCUT2D eigenvalue weighted by atomic mass is 10.3. The molecule has 0 aromatic rings. The van der Waals surface area contributed by atoms with Crippen LogP contribution in [0, 0.1) is 0 Å². The summed E-state index contributed by atoms with van der Waals surface area (Å²) in [5, 5.41) is 0. The van der Waals surface area contributed by atoms with Gasteiger partial charge in [0.1, 0.15) is 0 Å². The van der Waals surface area contributed by atoms with Gasteiger partial charge < -0.3 is 14.3 Å². The zero-order valence-corrected chi connectivity index (χ0v) is 11.0. The summed E-state index contributed by atoms with van der Waals surface area (Å²) in [6, 6.07) is 0.